The van der Waals surface area contributed by atoms with E-state index < -0.39 is 36.8 Å². The van der Waals surface area contributed by atoms with Crippen LogP contribution in [0.1, 0.15) is 73.1 Å². The van der Waals surface area contributed by atoms with Crippen LogP contribution in [-0.4, -0.2) is 59.9 Å². The predicted octanol–water partition coefficient (Wildman–Crippen LogP) is 4.01. The molecular weight excluding hydrogens is 432 g/mol. The number of allylic oxidation sites excluding steroid dienone is 4. The van der Waals surface area contributed by atoms with Crippen molar-refractivity contribution in [1.29, 1.82) is 0 Å². The monoisotopic (exact) mass is 472 g/mol. The molecule has 6 nitrogen and oxygen atoms in total. The molecule has 0 spiro atoms. The first-order chi connectivity index (χ1) is 16.1. The lowest BCUT2D eigenvalue weighted by atomic mass is 9.57. The Bertz CT molecular complexity index is 947. The Hall–Kier alpha value is -1.31. The number of aliphatic hydroxyl groups is 2. The maximum Gasteiger partial charge on any atom is 0.187 e. The largest absolute Gasteiger partial charge is 0.388 e. The normalized spacial score (nSPS) is 44.2. The lowest BCUT2D eigenvalue weighted by molar-refractivity contribution is -0.354. The van der Waals surface area contributed by atoms with Gasteiger partial charge in [0.2, 0.25) is 0 Å². The first-order valence-corrected chi connectivity index (χ1v) is 13.1. The van der Waals surface area contributed by atoms with E-state index in [1.165, 1.54) is 23.1 Å². The molecule has 2 N–H and O–H groups in total. The van der Waals surface area contributed by atoms with Crippen molar-refractivity contribution in [1.82, 2.24) is 0 Å². The van der Waals surface area contributed by atoms with E-state index in [4.69, 9.17) is 14.2 Å². The van der Waals surface area contributed by atoms with Crippen LogP contribution < -0.4 is 0 Å². The van der Waals surface area contributed by atoms with Crippen molar-refractivity contribution in [2.45, 2.75) is 110 Å². The van der Waals surface area contributed by atoms with E-state index in [2.05, 4.69) is 40.7 Å². The van der Waals surface area contributed by atoms with Crippen molar-refractivity contribution < 1.29 is 29.2 Å². The van der Waals surface area contributed by atoms with Gasteiger partial charge in [0.05, 0.1) is 6.61 Å². The van der Waals surface area contributed by atoms with Gasteiger partial charge in [0.25, 0.3) is 0 Å². The molecule has 0 aromatic heterocycles. The van der Waals surface area contributed by atoms with E-state index in [9.17, 15) is 15.0 Å². The van der Waals surface area contributed by atoms with Gasteiger partial charge in [-0.1, -0.05) is 52.7 Å². The second-order valence-electron chi connectivity index (χ2n) is 11.8. The Kier molecular flexibility index (Phi) is 6.22. The molecule has 0 amide bonds. The quantitative estimate of drug-likeness (QED) is 0.602. The Labute approximate surface area is 203 Å². The smallest absolute Gasteiger partial charge is 0.187 e. The molecule has 6 heteroatoms. The zero-order chi connectivity index (χ0) is 24.4. The van der Waals surface area contributed by atoms with Crippen LogP contribution in [0.3, 0.4) is 0 Å². The molecule has 5 aliphatic rings. The van der Waals surface area contributed by atoms with Crippen molar-refractivity contribution in [3.8, 4) is 0 Å². The second kappa shape index (κ2) is 8.67. The standard InChI is InChI=1S/C28H40O6/c1-6-7-16-12-19-21-17(15(2)3)8-9-27(21,4)10-11-28(19,5)25-23(18(16)13-29)33-24-22(31)20(30)14-32-26(24)34-25/h12-13,15,20,22-26,30-31H,6-11,14H2,1-5H3/t20-,22+,23-,24-,25+,26+,27-,28-/m1/s1. The minimum atomic E-state index is -1.12. The summed E-state index contributed by atoms with van der Waals surface area (Å²) in [7, 11) is 0. The Balaban J connectivity index is 1.68. The zero-order valence-corrected chi connectivity index (χ0v) is 21.2. The van der Waals surface area contributed by atoms with Gasteiger partial charge in [0.15, 0.2) is 6.29 Å². The van der Waals surface area contributed by atoms with Crippen LogP contribution >= 0.6 is 0 Å². The first-order valence-electron chi connectivity index (χ1n) is 13.1. The third kappa shape index (κ3) is 3.52. The molecule has 2 aliphatic heterocycles. The van der Waals surface area contributed by atoms with Gasteiger partial charge in [-0.3, -0.25) is 4.79 Å². The predicted molar refractivity (Wildman–Crippen MR) is 128 cm³/mol. The van der Waals surface area contributed by atoms with Gasteiger partial charge >= 0.3 is 0 Å². The Morgan fingerprint density at radius 1 is 1.18 bits per heavy atom. The van der Waals surface area contributed by atoms with Gasteiger partial charge in [0.1, 0.15) is 36.8 Å². The molecule has 0 unspecified atom stereocenters. The highest BCUT2D eigenvalue weighted by molar-refractivity contribution is 5.79. The number of ether oxygens (including phenoxy) is 3. The number of hydrogen-bond acceptors (Lipinski definition) is 6. The second-order valence-corrected chi connectivity index (χ2v) is 11.8. The number of aldehydes is 1. The van der Waals surface area contributed by atoms with Crippen molar-refractivity contribution in [3.63, 3.8) is 0 Å². The number of carbonyl (C=O) groups is 1. The fraction of sp³-hybridized carbons (Fsp3) is 0.750. The number of carbonyl (C=O) groups excluding carboxylic acids is 1. The Morgan fingerprint density at radius 2 is 1.94 bits per heavy atom. The zero-order valence-electron chi connectivity index (χ0n) is 21.2. The first kappa shape index (κ1) is 24.4. The van der Waals surface area contributed by atoms with Gasteiger partial charge in [-0.15, -0.1) is 0 Å². The average molecular weight is 473 g/mol. The minimum Gasteiger partial charge on any atom is -0.388 e. The molecule has 188 valence electrons. The summed E-state index contributed by atoms with van der Waals surface area (Å²) in [6, 6.07) is 0. The van der Waals surface area contributed by atoms with Crippen LogP contribution in [0.25, 0.3) is 0 Å². The van der Waals surface area contributed by atoms with Crippen LogP contribution in [0.4, 0.5) is 0 Å². The van der Waals surface area contributed by atoms with E-state index in [1.807, 2.05) is 0 Å². The molecular formula is C28H40O6. The van der Waals surface area contributed by atoms with Crippen LogP contribution in [0.15, 0.2) is 33.9 Å². The van der Waals surface area contributed by atoms with Gasteiger partial charge in [-0.05, 0) is 60.2 Å². The van der Waals surface area contributed by atoms with Gasteiger partial charge in [0, 0.05) is 11.0 Å². The molecule has 2 heterocycles. The fourth-order valence-corrected chi connectivity index (χ4v) is 7.14. The van der Waals surface area contributed by atoms with E-state index in [0.29, 0.717) is 11.5 Å². The van der Waals surface area contributed by atoms with Crippen molar-refractivity contribution in [3.05, 3.63) is 33.9 Å². The molecule has 3 fully saturated rings. The third-order valence-corrected chi connectivity index (χ3v) is 9.21. The lowest BCUT2D eigenvalue weighted by Gasteiger charge is -2.54. The van der Waals surface area contributed by atoms with Gasteiger partial charge in [-0.25, -0.2) is 0 Å². The molecule has 0 bridgehead atoms. The number of fused-ring (bicyclic) bond motifs is 6. The summed E-state index contributed by atoms with van der Waals surface area (Å²) in [4.78, 5) is 12.6. The maximum absolute atomic E-state index is 12.6. The van der Waals surface area contributed by atoms with E-state index in [-0.39, 0.29) is 17.4 Å². The SMILES string of the molecule is CCCC1=C(C=O)[C@H]2O[C@H]3[C@@H](OC[C@@H](O)[C@@H]3O)O[C@@H]2[C@]2(C)CC[C@@]3(C)CCC(C(C)C)=C3C2=C1. The van der Waals surface area contributed by atoms with E-state index in [1.54, 1.807) is 0 Å². The lowest BCUT2D eigenvalue weighted by Crippen LogP contribution is -2.64. The molecule has 2 saturated heterocycles. The Morgan fingerprint density at radius 3 is 2.62 bits per heavy atom. The maximum atomic E-state index is 12.6. The van der Waals surface area contributed by atoms with Gasteiger partial charge < -0.3 is 24.4 Å². The van der Waals surface area contributed by atoms with E-state index in [0.717, 1.165) is 44.0 Å². The number of aliphatic hydroxyl groups excluding tert-OH is 2. The summed E-state index contributed by atoms with van der Waals surface area (Å²) in [5.74, 6) is 0.467. The summed E-state index contributed by atoms with van der Waals surface area (Å²) in [6.45, 7) is 11.4. The molecule has 0 radical (unpaired) electrons. The molecule has 3 aliphatic carbocycles. The highest BCUT2D eigenvalue weighted by Gasteiger charge is 2.59. The molecule has 1 saturated carbocycles. The fourth-order valence-electron chi connectivity index (χ4n) is 7.14. The van der Waals surface area contributed by atoms with Crippen LogP contribution in [0.2, 0.25) is 0 Å². The van der Waals surface area contributed by atoms with Crippen LogP contribution in [-0.2, 0) is 19.0 Å². The molecule has 0 aromatic carbocycles. The molecule has 5 rings (SSSR count). The minimum absolute atomic E-state index is 0.000669. The van der Waals surface area contributed by atoms with Crippen LogP contribution in [0.5, 0.6) is 0 Å². The van der Waals surface area contributed by atoms with Crippen molar-refractivity contribution in [2.24, 2.45) is 16.7 Å². The molecule has 8 atom stereocenters. The molecule has 0 aromatic rings. The molecule has 34 heavy (non-hydrogen) atoms. The van der Waals surface area contributed by atoms with Gasteiger partial charge in [-0.2, -0.15) is 0 Å². The summed E-state index contributed by atoms with van der Waals surface area (Å²) in [5, 5.41) is 20.8. The average Bonchev–Trinajstić information content (AvgIpc) is 3.12. The van der Waals surface area contributed by atoms with Crippen molar-refractivity contribution in [2.75, 3.05) is 6.61 Å². The summed E-state index contributed by atoms with van der Waals surface area (Å²) in [5.41, 5.74) is 5.70. The highest BCUT2D eigenvalue weighted by Crippen LogP contribution is 2.63. The summed E-state index contributed by atoms with van der Waals surface area (Å²) >= 11 is 0. The number of hydrogen-bond donors (Lipinski definition) is 2. The third-order valence-electron chi connectivity index (χ3n) is 9.21. The van der Waals surface area contributed by atoms with Crippen LogP contribution in [0, 0.1) is 16.7 Å². The van der Waals surface area contributed by atoms with E-state index >= 15 is 0 Å². The summed E-state index contributed by atoms with van der Waals surface area (Å²) in [6.07, 6.45) is 4.38. The number of rotatable bonds is 4. The van der Waals surface area contributed by atoms with Crippen molar-refractivity contribution >= 4 is 6.29 Å². The topological polar surface area (TPSA) is 85.2 Å². The summed E-state index contributed by atoms with van der Waals surface area (Å²) < 4.78 is 18.9. The highest BCUT2D eigenvalue weighted by atomic mass is 16.7.